The summed E-state index contributed by atoms with van der Waals surface area (Å²) in [7, 11) is 0. The van der Waals surface area contributed by atoms with Gasteiger partial charge in [-0.2, -0.15) is 5.10 Å². The smallest absolute Gasteiger partial charge is 0.248 e. The second kappa shape index (κ2) is 5.31. The summed E-state index contributed by atoms with van der Waals surface area (Å²) in [4.78, 5) is 19.9. The molecular formula is C17H14N6O. The van der Waals surface area contributed by atoms with Gasteiger partial charge in [0.15, 0.2) is 5.65 Å². The molecule has 4 aromatic rings. The van der Waals surface area contributed by atoms with Crippen LogP contribution in [0.1, 0.15) is 16.1 Å². The van der Waals surface area contributed by atoms with Crippen LogP contribution in [0.25, 0.3) is 22.4 Å². The Balaban J connectivity index is 1.85. The SMILES string of the molecule is Cc1cn(-c2ccnc3c2cnn3-c2ccc(C(N)=O)cc2)cn1. The van der Waals surface area contributed by atoms with Gasteiger partial charge in [-0.1, -0.05) is 0 Å². The number of rotatable bonds is 3. The molecule has 1 aromatic carbocycles. The Hall–Kier alpha value is -3.48. The zero-order valence-electron chi connectivity index (χ0n) is 12.9. The topological polar surface area (TPSA) is 91.6 Å². The highest BCUT2D eigenvalue weighted by Gasteiger charge is 2.11. The van der Waals surface area contributed by atoms with Crippen molar-refractivity contribution in [2.24, 2.45) is 5.73 Å². The molecule has 0 aliphatic rings. The van der Waals surface area contributed by atoms with Gasteiger partial charge in [-0.3, -0.25) is 4.79 Å². The maximum Gasteiger partial charge on any atom is 0.248 e. The van der Waals surface area contributed by atoms with Gasteiger partial charge in [0, 0.05) is 18.0 Å². The number of hydrogen-bond acceptors (Lipinski definition) is 4. The van der Waals surface area contributed by atoms with Crippen molar-refractivity contribution in [3.63, 3.8) is 0 Å². The number of aryl methyl sites for hydroxylation is 1. The maximum absolute atomic E-state index is 11.2. The number of primary amides is 1. The minimum absolute atomic E-state index is 0.456. The fourth-order valence-corrected chi connectivity index (χ4v) is 2.65. The van der Waals surface area contributed by atoms with Crippen molar-refractivity contribution in [3.05, 3.63) is 66.5 Å². The van der Waals surface area contributed by atoms with Crippen LogP contribution >= 0.6 is 0 Å². The first-order valence-corrected chi connectivity index (χ1v) is 7.37. The fourth-order valence-electron chi connectivity index (χ4n) is 2.65. The van der Waals surface area contributed by atoms with Crippen LogP contribution in [0, 0.1) is 6.92 Å². The maximum atomic E-state index is 11.2. The van der Waals surface area contributed by atoms with E-state index in [2.05, 4.69) is 15.1 Å². The minimum Gasteiger partial charge on any atom is -0.366 e. The van der Waals surface area contributed by atoms with Gasteiger partial charge in [0.2, 0.25) is 5.91 Å². The number of nitrogens with two attached hydrogens (primary N) is 1. The molecule has 0 atom stereocenters. The highest BCUT2D eigenvalue weighted by molar-refractivity contribution is 5.93. The van der Waals surface area contributed by atoms with Gasteiger partial charge >= 0.3 is 0 Å². The molecule has 3 aromatic heterocycles. The third-order valence-electron chi connectivity index (χ3n) is 3.84. The molecule has 7 heteroatoms. The van der Waals surface area contributed by atoms with Crippen LogP contribution in [0.15, 0.2) is 55.2 Å². The first kappa shape index (κ1) is 14.1. The Kier molecular flexibility index (Phi) is 3.13. The summed E-state index contributed by atoms with van der Waals surface area (Å²) in [6.07, 6.45) is 7.23. The molecule has 0 saturated heterocycles. The molecule has 0 aliphatic carbocycles. The van der Waals surface area contributed by atoms with Crippen LogP contribution in [-0.4, -0.2) is 30.2 Å². The summed E-state index contributed by atoms with van der Waals surface area (Å²) < 4.78 is 3.68. The summed E-state index contributed by atoms with van der Waals surface area (Å²) >= 11 is 0. The summed E-state index contributed by atoms with van der Waals surface area (Å²) in [6, 6.07) is 8.86. The fraction of sp³-hybridized carbons (Fsp3) is 0.0588. The second-order valence-electron chi connectivity index (χ2n) is 5.46. The number of carbonyl (C=O) groups excluding carboxylic acids is 1. The van der Waals surface area contributed by atoms with Crippen LogP contribution < -0.4 is 5.73 Å². The predicted octanol–water partition coefficient (Wildman–Crippen LogP) is 2.01. The lowest BCUT2D eigenvalue weighted by molar-refractivity contribution is 0.100. The lowest BCUT2D eigenvalue weighted by Gasteiger charge is -2.06. The number of nitrogens with zero attached hydrogens (tertiary/aromatic N) is 5. The van der Waals surface area contributed by atoms with Gasteiger partial charge in [0.05, 0.1) is 35.0 Å². The van der Waals surface area contributed by atoms with Crippen LogP contribution in [0.5, 0.6) is 0 Å². The van der Waals surface area contributed by atoms with Gasteiger partial charge in [-0.05, 0) is 37.3 Å². The largest absolute Gasteiger partial charge is 0.366 e. The second-order valence-corrected chi connectivity index (χ2v) is 5.46. The molecule has 0 spiro atoms. The van der Waals surface area contributed by atoms with Crippen LogP contribution in [0.4, 0.5) is 0 Å². The Labute approximate surface area is 137 Å². The van der Waals surface area contributed by atoms with E-state index in [1.54, 1.807) is 47.7 Å². The van der Waals surface area contributed by atoms with Crippen molar-refractivity contribution in [2.75, 3.05) is 0 Å². The molecule has 0 aliphatic heterocycles. The van der Waals surface area contributed by atoms with Gasteiger partial charge in [-0.25, -0.2) is 14.6 Å². The van der Waals surface area contributed by atoms with Crippen LogP contribution in [-0.2, 0) is 0 Å². The number of pyridine rings is 1. The number of benzene rings is 1. The Morgan fingerprint density at radius 1 is 1.12 bits per heavy atom. The first-order valence-electron chi connectivity index (χ1n) is 7.37. The standard InChI is InChI=1S/C17H14N6O/c1-11-9-22(10-20-11)15-6-7-19-17-14(15)8-21-23(17)13-4-2-12(3-5-13)16(18)24/h2-10H,1H3,(H2,18,24). The van der Waals surface area contributed by atoms with Crippen molar-refractivity contribution in [1.29, 1.82) is 0 Å². The third-order valence-corrected chi connectivity index (χ3v) is 3.84. The monoisotopic (exact) mass is 318 g/mol. The number of aromatic nitrogens is 5. The van der Waals surface area contributed by atoms with E-state index in [0.29, 0.717) is 5.56 Å². The predicted molar refractivity (Wildman–Crippen MR) is 89.2 cm³/mol. The third kappa shape index (κ3) is 2.23. The number of fused-ring (bicyclic) bond motifs is 1. The molecular weight excluding hydrogens is 304 g/mol. The highest BCUT2D eigenvalue weighted by Crippen LogP contribution is 2.23. The lowest BCUT2D eigenvalue weighted by Crippen LogP contribution is -2.10. The first-order chi connectivity index (χ1) is 11.6. The molecule has 0 unspecified atom stereocenters. The molecule has 3 heterocycles. The Morgan fingerprint density at radius 2 is 1.92 bits per heavy atom. The van der Waals surface area contributed by atoms with E-state index in [9.17, 15) is 4.79 Å². The van der Waals surface area contributed by atoms with E-state index in [0.717, 1.165) is 28.1 Å². The zero-order chi connectivity index (χ0) is 16.7. The number of imidazole rings is 1. The Morgan fingerprint density at radius 3 is 2.58 bits per heavy atom. The number of hydrogen-bond donors (Lipinski definition) is 1. The van der Waals surface area contributed by atoms with E-state index in [-0.39, 0.29) is 0 Å². The summed E-state index contributed by atoms with van der Waals surface area (Å²) in [5.74, 6) is -0.456. The zero-order valence-corrected chi connectivity index (χ0v) is 12.9. The molecule has 7 nitrogen and oxygen atoms in total. The number of carbonyl (C=O) groups is 1. The molecule has 118 valence electrons. The molecule has 24 heavy (non-hydrogen) atoms. The van der Waals surface area contributed by atoms with E-state index in [1.165, 1.54) is 0 Å². The molecule has 1 amide bonds. The van der Waals surface area contributed by atoms with Gasteiger partial charge < -0.3 is 10.3 Å². The quantitative estimate of drug-likeness (QED) is 0.625. The highest BCUT2D eigenvalue weighted by atomic mass is 16.1. The van der Waals surface area contributed by atoms with E-state index >= 15 is 0 Å². The van der Waals surface area contributed by atoms with E-state index in [4.69, 9.17) is 5.73 Å². The molecule has 0 saturated carbocycles. The van der Waals surface area contributed by atoms with E-state index < -0.39 is 5.91 Å². The van der Waals surface area contributed by atoms with Crippen molar-refractivity contribution in [3.8, 4) is 11.4 Å². The summed E-state index contributed by atoms with van der Waals surface area (Å²) in [5, 5.41) is 5.35. The number of amides is 1. The average molecular weight is 318 g/mol. The normalized spacial score (nSPS) is 11.0. The van der Waals surface area contributed by atoms with Crippen molar-refractivity contribution in [1.82, 2.24) is 24.3 Å². The minimum atomic E-state index is -0.456. The molecule has 0 bridgehead atoms. The van der Waals surface area contributed by atoms with Gasteiger partial charge in [0.25, 0.3) is 0 Å². The molecule has 4 rings (SSSR count). The van der Waals surface area contributed by atoms with E-state index in [1.807, 2.05) is 23.8 Å². The van der Waals surface area contributed by atoms with Crippen LogP contribution in [0.3, 0.4) is 0 Å². The van der Waals surface area contributed by atoms with Gasteiger partial charge in [-0.15, -0.1) is 0 Å². The van der Waals surface area contributed by atoms with Crippen LogP contribution in [0.2, 0.25) is 0 Å². The summed E-state index contributed by atoms with van der Waals surface area (Å²) in [6.45, 7) is 1.94. The van der Waals surface area contributed by atoms with Gasteiger partial charge in [0.1, 0.15) is 0 Å². The molecule has 0 radical (unpaired) electrons. The average Bonchev–Trinajstić information content (AvgIpc) is 3.21. The summed E-state index contributed by atoms with van der Waals surface area (Å²) in [5.41, 5.74) is 9.17. The van der Waals surface area contributed by atoms with Crippen molar-refractivity contribution in [2.45, 2.75) is 6.92 Å². The molecule has 2 N–H and O–H groups in total. The van der Waals surface area contributed by atoms with Crippen molar-refractivity contribution >= 4 is 16.9 Å². The Bertz CT molecular complexity index is 1040. The molecule has 0 fully saturated rings. The lowest BCUT2D eigenvalue weighted by atomic mass is 10.2. The van der Waals surface area contributed by atoms with Crippen molar-refractivity contribution < 1.29 is 4.79 Å².